The minimum Gasteiger partial charge on any atom is -0.394 e. The van der Waals surface area contributed by atoms with Gasteiger partial charge >= 0.3 is 0 Å². The summed E-state index contributed by atoms with van der Waals surface area (Å²) in [5, 5.41) is 19.9. The first kappa shape index (κ1) is 22.1. The molecule has 0 aromatic rings. The molecule has 0 bridgehead atoms. The second-order valence-corrected chi connectivity index (χ2v) is 6.59. The molecule has 3 unspecified atom stereocenters. The highest BCUT2D eigenvalue weighted by Crippen LogP contribution is 2.27. The van der Waals surface area contributed by atoms with E-state index in [2.05, 4.69) is 12.2 Å². The molecular weight excluding hydrogens is 340 g/mol. The zero-order chi connectivity index (χ0) is 18.7. The Morgan fingerprint density at radius 2 is 1.96 bits per heavy atom. The lowest BCUT2D eigenvalue weighted by molar-refractivity contribution is -0.110. The van der Waals surface area contributed by atoms with Gasteiger partial charge in [-0.2, -0.15) is 0 Å². The zero-order valence-electron chi connectivity index (χ0n) is 15.5. The van der Waals surface area contributed by atoms with Gasteiger partial charge in [-0.05, 0) is 44.3 Å². The summed E-state index contributed by atoms with van der Waals surface area (Å²) in [5.41, 5.74) is 2.18. The van der Waals surface area contributed by atoms with Gasteiger partial charge in [-0.25, -0.2) is 0 Å². The van der Waals surface area contributed by atoms with E-state index in [1.54, 1.807) is 7.11 Å². The average molecular weight is 371 g/mol. The second-order valence-electron chi connectivity index (χ2n) is 6.19. The summed E-state index contributed by atoms with van der Waals surface area (Å²) in [7, 11) is 1.67. The molecule has 1 aliphatic heterocycles. The molecule has 1 heterocycles. The first-order valence-electron chi connectivity index (χ1n) is 8.80. The number of aliphatic hydroxyl groups excluding tert-OH is 2. The quantitative estimate of drug-likeness (QED) is 0.604. The SMILES string of the molecule is C/C=C(\C=C/COC)CC(=C/CC1CC(O)CC(CO)O1)/C(Cl)=C\C. The van der Waals surface area contributed by atoms with E-state index in [0.717, 1.165) is 22.6 Å². The molecule has 0 spiro atoms. The molecule has 1 saturated heterocycles. The standard InChI is InChI=1S/C20H31ClO4/c1-4-15(7-6-10-24-3)11-16(20(21)5-2)8-9-18-12-17(23)13-19(14-22)25-18/h4-8,17-19,22-23H,9-14H2,1-3H3/b7-6-,15-4+,16-8-,20-5+. The summed E-state index contributed by atoms with van der Waals surface area (Å²) in [6.07, 6.45) is 11.7. The first-order chi connectivity index (χ1) is 12.0. The Labute approximate surface area is 156 Å². The minimum absolute atomic E-state index is 0.0627. The van der Waals surface area contributed by atoms with E-state index in [4.69, 9.17) is 21.1 Å². The third kappa shape index (κ3) is 8.34. The lowest BCUT2D eigenvalue weighted by atomic mass is 9.97. The Morgan fingerprint density at radius 3 is 2.56 bits per heavy atom. The number of allylic oxidation sites excluding steroid dienone is 6. The molecule has 1 aliphatic rings. The summed E-state index contributed by atoms with van der Waals surface area (Å²) in [6.45, 7) is 4.42. The molecule has 25 heavy (non-hydrogen) atoms. The fourth-order valence-corrected chi connectivity index (χ4v) is 2.99. The topological polar surface area (TPSA) is 58.9 Å². The summed E-state index contributed by atoms with van der Waals surface area (Å²) in [6, 6.07) is 0. The van der Waals surface area contributed by atoms with E-state index >= 15 is 0 Å². The van der Waals surface area contributed by atoms with E-state index in [1.807, 2.05) is 32.1 Å². The largest absolute Gasteiger partial charge is 0.394 e. The summed E-state index contributed by atoms with van der Waals surface area (Å²) in [5.74, 6) is 0. The van der Waals surface area contributed by atoms with E-state index < -0.39 is 6.10 Å². The van der Waals surface area contributed by atoms with Crippen LogP contribution in [-0.4, -0.2) is 48.8 Å². The van der Waals surface area contributed by atoms with Crippen LogP contribution in [-0.2, 0) is 9.47 Å². The van der Waals surface area contributed by atoms with Gasteiger partial charge in [0.1, 0.15) is 0 Å². The summed E-state index contributed by atoms with van der Waals surface area (Å²) >= 11 is 6.38. The van der Waals surface area contributed by atoms with Crippen molar-refractivity contribution in [3.8, 4) is 0 Å². The molecular formula is C20H31ClO4. The molecule has 5 heteroatoms. The van der Waals surface area contributed by atoms with Gasteiger partial charge in [-0.3, -0.25) is 0 Å². The number of rotatable bonds is 9. The smallest absolute Gasteiger partial charge is 0.0834 e. The van der Waals surface area contributed by atoms with Crippen molar-refractivity contribution in [2.45, 2.75) is 57.8 Å². The molecule has 1 rings (SSSR count). The van der Waals surface area contributed by atoms with Crippen molar-refractivity contribution in [2.24, 2.45) is 0 Å². The average Bonchev–Trinajstić information content (AvgIpc) is 2.62. The Morgan fingerprint density at radius 1 is 1.24 bits per heavy atom. The van der Waals surface area contributed by atoms with Crippen LogP contribution in [0.25, 0.3) is 0 Å². The van der Waals surface area contributed by atoms with Crippen LogP contribution in [0.2, 0.25) is 0 Å². The maximum atomic E-state index is 9.93. The number of methoxy groups -OCH3 is 1. The van der Waals surface area contributed by atoms with Gasteiger partial charge in [-0.1, -0.05) is 42.0 Å². The molecule has 0 radical (unpaired) electrons. The Kier molecular flexibility index (Phi) is 11.0. The molecule has 1 fully saturated rings. The Balaban J connectivity index is 2.79. The van der Waals surface area contributed by atoms with Crippen LogP contribution in [0.5, 0.6) is 0 Å². The highest BCUT2D eigenvalue weighted by molar-refractivity contribution is 6.32. The normalized spacial score (nSPS) is 26.5. The molecule has 0 aliphatic carbocycles. The highest BCUT2D eigenvalue weighted by atomic mass is 35.5. The number of aliphatic hydroxyl groups is 2. The van der Waals surface area contributed by atoms with Gasteiger partial charge in [-0.15, -0.1) is 0 Å². The number of ether oxygens (including phenoxy) is 2. The Hall–Kier alpha value is -0.910. The van der Waals surface area contributed by atoms with Gasteiger partial charge in [0.15, 0.2) is 0 Å². The van der Waals surface area contributed by atoms with Crippen molar-refractivity contribution in [1.82, 2.24) is 0 Å². The molecule has 0 saturated carbocycles. The molecule has 142 valence electrons. The zero-order valence-corrected chi connectivity index (χ0v) is 16.2. The van der Waals surface area contributed by atoms with Gasteiger partial charge in [0.2, 0.25) is 0 Å². The van der Waals surface area contributed by atoms with Gasteiger partial charge in [0.25, 0.3) is 0 Å². The van der Waals surface area contributed by atoms with Gasteiger partial charge < -0.3 is 19.7 Å². The predicted molar refractivity (Wildman–Crippen MR) is 103 cm³/mol. The third-order valence-electron chi connectivity index (χ3n) is 4.21. The molecule has 4 nitrogen and oxygen atoms in total. The molecule has 0 aromatic carbocycles. The van der Waals surface area contributed by atoms with Crippen molar-refractivity contribution in [3.05, 3.63) is 46.6 Å². The fraction of sp³-hybridized carbons (Fsp3) is 0.600. The lowest BCUT2D eigenvalue weighted by Crippen LogP contribution is -2.37. The first-order valence-corrected chi connectivity index (χ1v) is 9.18. The maximum absolute atomic E-state index is 9.93. The third-order valence-corrected chi connectivity index (χ3v) is 4.67. The van der Waals surface area contributed by atoms with Gasteiger partial charge in [0.05, 0.1) is 31.5 Å². The van der Waals surface area contributed by atoms with E-state index in [9.17, 15) is 10.2 Å². The van der Waals surface area contributed by atoms with Crippen molar-refractivity contribution in [3.63, 3.8) is 0 Å². The van der Waals surface area contributed by atoms with Crippen molar-refractivity contribution >= 4 is 11.6 Å². The fourth-order valence-electron chi connectivity index (χ4n) is 2.84. The molecule has 0 aromatic heterocycles. The van der Waals surface area contributed by atoms with Gasteiger partial charge in [0, 0.05) is 18.6 Å². The minimum atomic E-state index is -0.423. The summed E-state index contributed by atoms with van der Waals surface area (Å²) in [4.78, 5) is 0. The van der Waals surface area contributed by atoms with Crippen LogP contribution in [0.1, 0.15) is 39.5 Å². The van der Waals surface area contributed by atoms with Crippen LogP contribution in [0.3, 0.4) is 0 Å². The van der Waals surface area contributed by atoms with Crippen LogP contribution in [0, 0.1) is 0 Å². The lowest BCUT2D eigenvalue weighted by Gasteiger charge is -2.32. The van der Waals surface area contributed by atoms with Crippen molar-refractivity contribution in [2.75, 3.05) is 20.3 Å². The van der Waals surface area contributed by atoms with Crippen LogP contribution < -0.4 is 0 Å². The van der Waals surface area contributed by atoms with E-state index in [0.29, 0.717) is 25.9 Å². The second kappa shape index (κ2) is 12.4. The summed E-state index contributed by atoms with van der Waals surface area (Å²) < 4.78 is 10.9. The Bertz CT molecular complexity index is 508. The number of hydrogen-bond donors (Lipinski definition) is 2. The highest BCUT2D eigenvalue weighted by Gasteiger charge is 2.27. The van der Waals surface area contributed by atoms with Crippen LogP contribution in [0.4, 0.5) is 0 Å². The maximum Gasteiger partial charge on any atom is 0.0834 e. The number of halogens is 1. The van der Waals surface area contributed by atoms with Crippen LogP contribution in [0.15, 0.2) is 46.6 Å². The predicted octanol–water partition coefficient (Wildman–Crippen LogP) is 3.89. The monoisotopic (exact) mass is 370 g/mol. The molecule has 0 amide bonds. The number of hydrogen-bond acceptors (Lipinski definition) is 4. The van der Waals surface area contributed by atoms with E-state index in [1.165, 1.54) is 0 Å². The molecule has 2 N–H and O–H groups in total. The van der Waals surface area contributed by atoms with Crippen molar-refractivity contribution < 1.29 is 19.7 Å². The van der Waals surface area contributed by atoms with Crippen molar-refractivity contribution in [1.29, 1.82) is 0 Å². The van der Waals surface area contributed by atoms with E-state index in [-0.39, 0.29) is 18.8 Å². The molecule has 3 atom stereocenters. The van der Waals surface area contributed by atoms with Crippen LogP contribution >= 0.6 is 11.6 Å².